The largest absolute Gasteiger partial charge is 0.381 e. The van der Waals surface area contributed by atoms with Gasteiger partial charge in [-0.05, 0) is 31.9 Å². The van der Waals surface area contributed by atoms with Crippen LogP contribution in [0.2, 0.25) is 0 Å². The van der Waals surface area contributed by atoms with Crippen LogP contribution >= 0.6 is 0 Å². The average Bonchev–Trinajstić information content (AvgIpc) is 2.99. The topological polar surface area (TPSA) is 114 Å². The van der Waals surface area contributed by atoms with Crippen LogP contribution in [0.3, 0.4) is 0 Å². The van der Waals surface area contributed by atoms with Crippen LogP contribution in [-0.4, -0.2) is 55.3 Å². The Morgan fingerprint density at radius 3 is 2.50 bits per heavy atom. The van der Waals surface area contributed by atoms with Crippen molar-refractivity contribution in [3.05, 3.63) is 35.4 Å². The van der Waals surface area contributed by atoms with Crippen molar-refractivity contribution in [3.63, 3.8) is 0 Å². The van der Waals surface area contributed by atoms with E-state index in [1.165, 1.54) is 6.92 Å². The van der Waals surface area contributed by atoms with Gasteiger partial charge in [-0.15, -0.1) is 0 Å². The molecule has 30 heavy (non-hydrogen) atoms. The zero-order valence-electron chi connectivity index (χ0n) is 17.3. The highest BCUT2D eigenvalue weighted by Crippen LogP contribution is 2.39. The van der Waals surface area contributed by atoms with Gasteiger partial charge in [0.1, 0.15) is 5.71 Å². The smallest absolute Gasteiger partial charge is 0.342 e. The van der Waals surface area contributed by atoms with E-state index in [0.717, 1.165) is 37.9 Å². The highest BCUT2D eigenvalue weighted by molar-refractivity contribution is 7.93. The monoisotopic (exact) mass is 434 g/mol. The van der Waals surface area contributed by atoms with Gasteiger partial charge in [-0.2, -0.15) is 0 Å². The molecule has 2 heterocycles. The molecule has 3 rings (SSSR count). The zero-order valence-corrected chi connectivity index (χ0v) is 18.1. The molecule has 2 N–H and O–H groups in total. The molecule has 0 bridgehead atoms. The molecule has 0 radical (unpaired) electrons. The van der Waals surface area contributed by atoms with Crippen LogP contribution in [0, 0.1) is 17.8 Å². The summed E-state index contributed by atoms with van der Waals surface area (Å²) in [4.78, 5) is 16.9. The van der Waals surface area contributed by atoms with E-state index in [2.05, 4.69) is 22.3 Å². The maximum atomic E-state index is 12.7. The van der Waals surface area contributed by atoms with Gasteiger partial charge in [0.05, 0.1) is 0 Å². The number of carbonyl (C=O) groups excluding carboxylic acids is 1. The van der Waals surface area contributed by atoms with Gasteiger partial charge in [0.15, 0.2) is 9.84 Å². The summed E-state index contributed by atoms with van der Waals surface area (Å²) >= 11 is 0. The van der Waals surface area contributed by atoms with Crippen LogP contribution in [-0.2, 0) is 24.2 Å². The fourth-order valence-electron chi connectivity index (χ4n) is 3.36. The Balaban J connectivity index is 1.89. The first-order valence-electron chi connectivity index (χ1n) is 9.80. The number of sulfone groups is 1. The molecule has 9 heteroatoms. The number of hydrogen-bond donors (Lipinski definition) is 2. The summed E-state index contributed by atoms with van der Waals surface area (Å²) in [6.07, 6.45) is 2.83. The van der Waals surface area contributed by atoms with E-state index in [4.69, 9.17) is 9.57 Å². The van der Waals surface area contributed by atoms with Crippen molar-refractivity contribution in [1.82, 2.24) is 5.32 Å². The first kappa shape index (κ1) is 22.3. The third kappa shape index (κ3) is 4.08. The minimum absolute atomic E-state index is 0.00726. The summed E-state index contributed by atoms with van der Waals surface area (Å²) in [5.41, 5.74) is 1.23. The Kier molecular flexibility index (Phi) is 6.22. The molecular weight excluding hydrogens is 408 g/mol. The van der Waals surface area contributed by atoms with Crippen LogP contribution in [0.25, 0.3) is 0 Å². The highest BCUT2D eigenvalue weighted by atomic mass is 32.2. The van der Waals surface area contributed by atoms with Crippen molar-refractivity contribution < 1.29 is 27.9 Å². The van der Waals surface area contributed by atoms with E-state index in [1.54, 1.807) is 31.2 Å². The second-order valence-corrected chi connectivity index (χ2v) is 9.98. The number of hydrogen-bond acceptors (Lipinski definition) is 7. The standard InChI is InChI=1S/C21H26N2O6S/c1-4-18(24)22-21(25)20(2,30(3,26)27)19(23-29-21)17-9-7-15(8-10-17)5-6-16-11-13-28-14-12-16/h7-10,16,25H,4,11-14H2,1-3H3,(H,22,24)/t20?,21-/m1/s1. The number of rotatable bonds is 4. The number of ether oxygens (including phenoxy) is 1. The normalized spacial score (nSPS) is 26.9. The van der Waals surface area contributed by atoms with Crippen molar-refractivity contribution in [2.75, 3.05) is 19.5 Å². The Bertz CT molecular complexity index is 1000. The third-order valence-corrected chi connectivity index (χ3v) is 7.49. The maximum Gasteiger partial charge on any atom is 0.342 e. The first-order chi connectivity index (χ1) is 14.1. The number of aliphatic hydroxyl groups is 1. The predicted octanol–water partition coefficient (Wildman–Crippen LogP) is 1.17. The van der Waals surface area contributed by atoms with E-state index in [-0.39, 0.29) is 12.1 Å². The lowest BCUT2D eigenvalue weighted by molar-refractivity contribution is -0.219. The van der Waals surface area contributed by atoms with Gasteiger partial charge in [0.2, 0.25) is 10.7 Å². The fourth-order valence-corrected chi connectivity index (χ4v) is 4.46. The summed E-state index contributed by atoms with van der Waals surface area (Å²) in [6.45, 7) is 4.30. The van der Waals surface area contributed by atoms with Crippen molar-refractivity contribution in [3.8, 4) is 11.8 Å². The number of nitrogens with zero attached hydrogens (tertiary/aromatic N) is 1. The molecule has 8 nitrogen and oxygen atoms in total. The molecular formula is C21H26N2O6S. The lowest BCUT2D eigenvalue weighted by Gasteiger charge is -2.35. The van der Waals surface area contributed by atoms with E-state index >= 15 is 0 Å². The Morgan fingerprint density at radius 1 is 1.30 bits per heavy atom. The molecule has 0 saturated carbocycles. The highest BCUT2D eigenvalue weighted by Gasteiger charge is 2.65. The number of carbonyl (C=O) groups is 1. The van der Waals surface area contributed by atoms with Gasteiger partial charge in [-0.25, -0.2) is 8.42 Å². The van der Waals surface area contributed by atoms with Gasteiger partial charge >= 0.3 is 5.91 Å². The van der Waals surface area contributed by atoms with Crippen molar-refractivity contribution in [2.24, 2.45) is 11.1 Å². The molecule has 1 unspecified atom stereocenters. The Morgan fingerprint density at radius 2 is 1.93 bits per heavy atom. The molecule has 2 aliphatic rings. The second kappa shape index (κ2) is 8.38. The Hall–Kier alpha value is -2.41. The van der Waals surface area contributed by atoms with Gasteiger partial charge in [0, 0.05) is 42.9 Å². The molecule has 1 aromatic carbocycles. The molecule has 2 aliphatic heterocycles. The molecule has 0 aliphatic carbocycles. The second-order valence-electron chi connectivity index (χ2n) is 7.62. The molecule has 2 atom stereocenters. The average molecular weight is 435 g/mol. The van der Waals surface area contributed by atoms with Crippen LogP contribution in [0.15, 0.2) is 29.4 Å². The minimum atomic E-state index is -3.96. The van der Waals surface area contributed by atoms with Gasteiger partial charge in [0.25, 0.3) is 0 Å². The summed E-state index contributed by atoms with van der Waals surface area (Å²) in [5, 5.41) is 17.0. The van der Waals surface area contributed by atoms with E-state index < -0.39 is 26.4 Å². The minimum Gasteiger partial charge on any atom is -0.381 e. The predicted molar refractivity (Wildman–Crippen MR) is 111 cm³/mol. The molecule has 1 aromatic rings. The molecule has 1 saturated heterocycles. The molecule has 1 amide bonds. The Labute approximate surface area is 176 Å². The van der Waals surface area contributed by atoms with Gasteiger partial charge in [-0.3, -0.25) is 10.1 Å². The quantitative estimate of drug-likeness (QED) is 0.543. The van der Waals surface area contributed by atoms with Crippen LogP contribution in [0.4, 0.5) is 0 Å². The van der Waals surface area contributed by atoms with Crippen LogP contribution in [0.5, 0.6) is 0 Å². The summed E-state index contributed by atoms with van der Waals surface area (Å²) < 4.78 is 28.7. The number of oxime groups is 1. The summed E-state index contributed by atoms with van der Waals surface area (Å²) in [7, 11) is -3.96. The van der Waals surface area contributed by atoms with Crippen LogP contribution < -0.4 is 5.32 Å². The number of amides is 1. The number of benzene rings is 1. The van der Waals surface area contributed by atoms with Gasteiger partial charge in [-0.1, -0.05) is 36.1 Å². The van der Waals surface area contributed by atoms with Crippen molar-refractivity contribution >= 4 is 21.5 Å². The maximum absolute atomic E-state index is 12.7. The fraction of sp³-hybridized carbons (Fsp3) is 0.524. The number of nitrogens with one attached hydrogen (secondary N) is 1. The van der Waals surface area contributed by atoms with E-state index in [0.29, 0.717) is 11.5 Å². The lowest BCUT2D eigenvalue weighted by Crippen LogP contribution is -2.67. The van der Waals surface area contributed by atoms with E-state index in [1.807, 2.05) is 0 Å². The SMILES string of the molecule is CCC(=O)N[C@]1(O)ON=C(c2ccc(C#CC3CCOCC3)cc2)C1(C)S(C)(=O)=O. The van der Waals surface area contributed by atoms with Crippen molar-refractivity contribution in [2.45, 2.75) is 43.8 Å². The zero-order chi connectivity index (χ0) is 22.0. The summed E-state index contributed by atoms with van der Waals surface area (Å²) in [6, 6.07) is 6.86. The van der Waals surface area contributed by atoms with E-state index in [9.17, 15) is 18.3 Å². The van der Waals surface area contributed by atoms with Gasteiger partial charge < -0.3 is 14.7 Å². The molecule has 162 valence electrons. The lowest BCUT2D eigenvalue weighted by atomic mass is 9.93. The molecule has 1 fully saturated rings. The molecule has 0 aromatic heterocycles. The molecule has 0 spiro atoms. The summed E-state index contributed by atoms with van der Waals surface area (Å²) in [5.74, 6) is 3.60. The third-order valence-electron chi connectivity index (χ3n) is 5.54. The van der Waals surface area contributed by atoms with Crippen LogP contribution in [0.1, 0.15) is 44.2 Å². The van der Waals surface area contributed by atoms with Crippen molar-refractivity contribution in [1.29, 1.82) is 0 Å². The first-order valence-corrected chi connectivity index (χ1v) is 11.7.